The Bertz CT molecular complexity index is 31.5. The van der Waals surface area contributed by atoms with Crippen molar-refractivity contribution in [2.45, 2.75) is 6.42 Å². The van der Waals surface area contributed by atoms with Crippen molar-refractivity contribution in [3.8, 4) is 0 Å². The Balaban J connectivity index is 2.53. The summed E-state index contributed by atoms with van der Waals surface area (Å²) in [5, 5.41) is 0. The monoisotopic (exact) mass is 116 g/mol. The van der Waals surface area contributed by atoms with Crippen molar-refractivity contribution in [3.05, 3.63) is 14.0 Å². The number of ether oxygens (including phenoxy) is 2. The van der Waals surface area contributed by atoms with Gasteiger partial charge in [0.2, 0.25) is 0 Å². The third-order valence-electron chi connectivity index (χ3n) is 0.661. The Labute approximate surface area is 50.8 Å². The minimum Gasteiger partial charge on any atom is -0.379 e. The summed E-state index contributed by atoms with van der Waals surface area (Å²) in [5.74, 6) is 0. The molecule has 0 aliphatic heterocycles. The summed E-state index contributed by atoms with van der Waals surface area (Å²) >= 11 is 0. The molecule has 0 fully saturated rings. The molecule has 0 spiro atoms. The topological polar surface area (TPSA) is 18.5 Å². The van der Waals surface area contributed by atoms with Crippen LogP contribution in [0.5, 0.6) is 0 Å². The second-order valence-corrected chi connectivity index (χ2v) is 1.37. The summed E-state index contributed by atoms with van der Waals surface area (Å²) < 4.78 is 9.49. The number of hydrogen-bond donors (Lipinski definition) is 0. The molecule has 0 bridgehead atoms. The van der Waals surface area contributed by atoms with Gasteiger partial charge in [-0.25, -0.2) is 0 Å². The Morgan fingerprint density at radius 3 is 2.38 bits per heavy atom. The zero-order chi connectivity index (χ0) is 6.24. The molecule has 0 atom stereocenters. The molecule has 0 aromatic rings. The molecule has 2 nitrogen and oxygen atoms in total. The van der Waals surface area contributed by atoms with Gasteiger partial charge < -0.3 is 9.47 Å². The smallest absolute Gasteiger partial charge is 0.0701 e. The van der Waals surface area contributed by atoms with Crippen LogP contribution >= 0.6 is 0 Å². The first-order valence-corrected chi connectivity index (χ1v) is 2.65. The van der Waals surface area contributed by atoms with Crippen LogP contribution in [0.15, 0.2) is 0 Å². The average Bonchev–Trinajstić information content (AvgIpc) is 1.81. The first-order chi connectivity index (χ1) is 3.91. The van der Waals surface area contributed by atoms with Crippen molar-refractivity contribution in [3.63, 3.8) is 0 Å². The standard InChI is InChI=1S/C6H12O2/c1-3-4-8-6-5-7-2/h1-6H2. The van der Waals surface area contributed by atoms with Crippen LogP contribution in [0.25, 0.3) is 0 Å². The fourth-order valence-corrected chi connectivity index (χ4v) is 0.322. The Morgan fingerprint density at radius 2 is 1.88 bits per heavy atom. The summed E-state index contributed by atoms with van der Waals surface area (Å²) in [6.07, 6.45) is 0.817. The molecule has 0 saturated heterocycles. The highest BCUT2D eigenvalue weighted by Gasteiger charge is 1.81. The van der Waals surface area contributed by atoms with E-state index in [2.05, 4.69) is 18.8 Å². The molecular formula is C6H12O2. The van der Waals surface area contributed by atoms with Crippen LogP contribution in [0.2, 0.25) is 0 Å². The number of hydrogen-bond acceptors (Lipinski definition) is 2. The van der Waals surface area contributed by atoms with Crippen molar-refractivity contribution in [1.29, 1.82) is 0 Å². The van der Waals surface area contributed by atoms with Gasteiger partial charge in [-0.3, -0.25) is 0 Å². The summed E-state index contributed by atoms with van der Waals surface area (Å²) in [4.78, 5) is 0. The van der Waals surface area contributed by atoms with Crippen LogP contribution < -0.4 is 0 Å². The van der Waals surface area contributed by atoms with E-state index in [4.69, 9.17) is 4.74 Å². The summed E-state index contributed by atoms with van der Waals surface area (Å²) in [7, 11) is 3.19. The van der Waals surface area contributed by atoms with Gasteiger partial charge in [-0.05, 0) is 6.42 Å². The minimum atomic E-state index is 0.569. The van der Waals surface area contributed by atoms with E-state index < -0.39 is 0 Å². The zero-order valence-electron chi connectivity index (χ0n) is 5.06. The maximum absolute atomic E-state index is 5.00. The molecule has 48 valence electrons. The predicted molar refractivity (Wildman–Crippen MR) is 32.1 cm³/mol. The lowest BCUT2D eigenvalue weighted by atomic mass is 10.5. The molecule has 0 aliphatic carbocycles. The van der Waals surface area contributed by atoms with Crippen LogP contribution in [0.1, 0.15) is 6.42 Å². The normalized spacial score (nSPS) is 9.75. The van der Waals surface area contributed by atoms with Crippen LogP contribution in [-0.4, -0.2) is 19.8 Å². The van der Waals surface area contributed by atoms with E-state index in [-0.39, 0.29) is 0 Å². The maximum Gasteiger partial charge on any atom is 0.0701 e. The Kier molecular flexibility index (Phi) is 6.85. The molecule has 0 heterocycles. The Morgan fingerprint density at radius 1 is 1.12 bits per heavy atom. The highest BCUT2D eigenvalue weighted by Crippen LogP contribution is 1.78. The van der Waals surface area contributed by atoms with Crippen LogP contribution in [0, 0.1) is 14.0 Å². The van der Waals surface area contributed by atoms with E-state index in [9.17, 15) is 0 Å². The highest BCUT2D eigenvalue weighted by atomic mass is 16.5. The van der Waals surface area contributed by atoms with Gasteiger partial charge in [0.05, 0.1) is 20.3 Å². The molecule has 0 saturated carbocycles. The molecule has 0 aromatic carbocycles. The molecule has 0 aliphatic rings. The molecule has 0 amide bonds. The maximum atomic E-state index is 5.00. The van der Waals surface area contributed by atoms with E-state index in [1.54, 1.807) is 0 Å². The van der Waals surface area contributed by atoms with Crippen molar-refractivity contribution in [1.82, 2.24) is 0 Å². The van der Waals surface area contributed by atoms with Gasteiger partial charge in [-0.1, -0.05) is 6.92 Å². The summed E-state index contributed by atoms with van der Waals surface area (Å²) in [5.41, 5.74) is 0. The molecule has 0 N–H and O–H groups in total. The minimum absolute atomic E-state index is 0.569. The lowest BCUT2D eigenvalue weighted by molar-refractivity contribution is 0.0855. The Hall–Kier alpha value is -0.0800. The van der Waals surface area contributed by atoms with Gasteiger partial charge in [-0.2, -0.15) is 0 Å². The van der Waals surface area contributed by atoms with Gasteiger partial charge >= 0.3 is 0 Å². The molecular weight excluding hydrogens is 104 g/mol. The molecule has 0 rings (SSSR count). The van der Waals surface area contributed by atoms with E-state index in [1.807, 2.05) is 0 Å². The molecule has 2 radical (unpaired) electrons. The van der Waals surface area contributed by atoms with E-state index in [1.165, 1.54) is 0 Å². The van der Waals surface area contributed by atoms with E-state index in [0.29, 0.717) is 19.8 Å². The van der Waals surface area contributed by atoms with Crippen molar-refractivity contribution in [2.24, 2.45) is 0 Å². The average molecular weight is 116 g/mol. The lowest BCUT2D eigenvalue weighted by Gasteiger charge is -1.98. The summed E-state index contributed by atoms with van der Waals surface area (Å²) in [6, 6.07) is 0. The molecule has 0 aromatic heterocycles. The van der Waals surface area contributed by atoms with Crippen LogP contribution in [-0.2, 0) is 9.47 Å². The van der Waals surface area contributed by atoms with Gasteiger partial charge in [0.1, 0.15) is 0 Å². The fourth-order valence-electron chi connectivity index (χ4n) is 0.322. The highest BCUT2D eigenvalue weighted by molar-refractivity contribution is 4.35. The SMILES string of the molecule is [CH2]CCOCCO[CH2]. The summed E-state index contributed by atoms with van der Waals surface area (Å²) in [6.45, 7) is 5.51. The third-order valence-corrected chi connectivity index (χ3v) is 0.661. The zero-order valence-corrected chi connectivity index (χ0v) is 5.06. The van der Waals surface area contributed by atoms with Gasteiger partial charge in [0, 0.05) is 6.61 Å². The first-order valence-electron chi connectivity index (χ1n) is 2.65. The van der Waals surface area contributed by atoms with Crippen molar-refractivity contribution in [2.75, 3.05) is 19.8 Å². The van der Waals surface area contributed by atoms with Gasteiger partial charge in [-0.15, -0.1) is 0 Å². The first kappa shape index (κ1) is 7.92. The second-order valence-electron chi connectivity index (χ2n) is 1.37. The fraction of sp³-hybridized carbons (Fsp3) is 0.667. The third kappa shape index (κ3) is 5.92. The van der Waals surface area contributed by atoms with E-state index >= 15 is 0 Å². The van der Waals surface area contributed by atoms with Crippen molar-refractivity contribution < 1.29 is 9.47 Å². The predicted octanol–water partition coefficient (Wildman–Crippen LogP) is 1.04. The molecule has 8 heavy (non-hydrogen) atoms. The second kappa shape index (κ2) is 6.92. The van der Waals surface area contributed by atoms with Gasteiger partial charge in [0.15, 0.2) is 0 Å². The van der Waals surface area contributed by atoms with Crippen LogP contribution in [0.3, 0.4) is 0 Å². The number of rotatable bonds is 5. The van der Waals surface area contributed by atoms with Gasteiger partial charge in [0.25, 0.3) is 0 Å². The molecule has 0 unspecified atom stereocenters. The quantitative estimate of drug-likeness (QED) is 0.499. The van der Waals surface area contributed by atoms with Crippen LogP contribution in [0.4, 0.5) is 0 Å². The molecule has 2 heteroatoms. The van der Waals surface area contributed by atoms with E-state index in [0.717, 1.165) is 6.42 Å². The largest absolute Gasteiger partial charge is 0.379 e. The lowest BCUT2D eigenvalue weighted by Crippen LogP contribution is -2.00. The van der Waals surface area contributed by atoms with Crippen molar-refractivity contribution >= 4 is 0 Å².